The third-order valence-corrected chi connectivity index (χ3v) is 7.45. The lowest BCUT2D eigenvalue weighted by Crippen LogP contribution is -2.49. The summed E-state index contributed by atoms with van der Waals surface area (Å²) in [6.45, 7) is 13.6. The average molecular weight is 207 g/mol. The highest BCUT2D eigenvalue weighted by Crippen LogP contribution is 2.92. The second-order valence-electron chi connectivity index (χ2n) is 6.69. The molecule has 2 saturated carbocycles. The summed E-state index contributed by atoms with van der Waals surface area (Å²) in [6, 6.07) is 0. The minimum absolute atomic E-state index is 0.00694. The van der Waals surface area contributed by atoms with Gasteiger partial charge in [-0.25, -0.2) is 0 Å². The van der Waals surface area contributed by atoms with Gasteiger partial charge in [0.2, 0.25) is 5.91 Å². The van der Waals surface area contributed by atoms with Gasteiger partial charge in [-0.2, -0.15) is 0 Å². The van der Waals surface area contributed by atoms with Gasteiger partial charge in [0.15, 0.2) is 0 Å². The third-order valence-electron chi connectivity index (χ3n) is 7.45. The SMILES string of the molecule is C[C@@H]1[C@H](C)[C@@]2(C)[C@]3(C)C(=O)N[C@@]1(C)[C@@]32C. The number of fused-ring (bicyclic) bond motifs is 1. The molecular weight excluding hydrogens is 186 g/mol. The maximum absolute atomic E-state index is 12.2. The second-order valence-corrected chi connectivity index (χ2v) is 6.69. The summed E-state index contributed by atoms with van der Waals surface area (Å²) in [5.41, 5.74) is 0.243. The first-order valence-electron chi connectivity index (χ1n) is 6.02. The molecule has 15 heavy (non-hydrogen) atoms. The third kappa shape index (κ3) is 0.485. The Balaban J connectivity index is 2.29. The Kier molecular flexibility index (Phi) is 1.21. The molecular formula is C13H21NO. The van der Waals surface area contributed by atoms with Crippen molar-refractivity contribution in [1.29, 1.82) is 0 Å². The lowest BCUT2D eigenvalue weighted by atomic mass is 9.73. The highest BCUT2D eigenvalue weighted by Gasteiger charge is 2.97. The fourth-order valence-electron chi connectivity index (χ4n) is 5.65. The molecule has 1 amide bonds. The Morgan fingerprint density at radius 1 is 1.07 bits per heavy atom. The quantitative estimate of drug-likeness (QED) is 0.648. The Morgan fingerprint density at radius 3 is 2.00 bits per heavy atom. The molecule has 3 rings (SSSR count). The molecule has 0 spiro atoms. The van der Waals surface area contributed by atoms with Gasteiger partial charge in [0.1, 0.15) is 0 Å². The predicted octanol–water partition coefficient (Wildman–Crippen LogP) is 2.19. The maximum Gasteiger partial charge on any atom is 0.227 e. The molecule has 2 aliphatic carbocycles. The number of rotatable bonds is 0. The smallest absolute Gasteiger partial charge is 0.227 e. The predicted molar refractivity (Wildman–Crippen MR) is 59.2 cm³/mol. The lowest BCUT2D eigenvalue weighted by Gasteiger charge is -2.35. The molecule has 0 bridgehead atoms. The molecule has 1 saturated heterocycles. The van der Waals surface area contributed by atoms with Crippen LogP contribution in [0, 0.1) is 28.1 Å². The summed E-state index contributed by atoms with van der Waals surface area (Å²) in [5, 5.41) is 3.27. The number of hydrogen-bond acceptors (Lipinski definition) is 1. The standard InChI is InChI=1S/C13H21NO/c1-7-8(2)12(5)13(6)10(7,3)11(13,4)9(15)14-12/h7-8H,1-6H3,(H,14,15)/t7-,8+,10-,11-,12+,13+/m0/s1. The van der Waals surface area contributed by atoms with Gasteiger partial charge >= 0.3 is 0 Å². The highest BCUT2D eigenvalue weighted by molar-refractivity contribution is 5.95. The molecule has 1 heterocycles. The van der Waals surface area contributed by atoms with Crippen LogP contribution in [-0.2, 0) is 4.79 Å². The summed E-state index contributed by atoms with van der Waals surface area (Å²) in [7, 11) is 0. The number of nitrogens with one attached hydrogen (secondary N) is 1. The van der Waals surface area contributed by atoms with Crippen molar-refractivity contribution in [2.45, 2.75) is 47.1 Å². The van der Waals surface area contributed by atoms with Gasteiger partial charge in [0.05, 0.1) is 5.41 Å². The molecule has 6 atom stereocenters. The van der Waals surface area contributed by atoms with Crippen molar-refractivity contribution in [2.75, 3.05) is 0 Å². The molecule has 0 aromatic carbocycles. The fourth-order valence-corrected chi connectivity index (χ4v) is 5.65. The summed E-state index contributed by atoms with van der Waals surface area (Å²) < 4.78 is 0. The van der Waals surface area contributed by atoms with Crippen LogP contribution in [0.2, 0.25) is 0 Å². The van der Waals surface area contributed by atoms with Crippen molar-refractivity contribution in [3.05, 3.63) is 0 Å². The van der Waals surface area contributed by atoms with Crippen molar-refractivity contribution in [1.82, 2.24) is 5.32 Å². The fraction of sp³-hybridized carbons (Fsp3) is 0.923. The van der Waals surface area contributed by atoms with E-state index in [-0.39, 0.29) is 27.7 Å². The Labute approximate surface area is 91.8 Å². The minimum atomic E-state index is -0.124. The van der Waals surface area contributed by atoms with Crippen LogP contribution in [-0.4, -0.2) is 11.4 Å². The van der Waals surface area contributed by atoms with E-state index in [2.05, 4.69) is 46.9 Å². The molecule has 0 aromatic heterocycles. The molecule has 2 nitrogen and oxygen atoms in total. The van der Waals surface area contributed by atoms with Crippen molar-refractivity contribution in [3.8, 4) is 0 Å². The van der Waals surface area contributed by atoms with Crippen LogP contribution >= 0.6 is 0 Å². The molecule has 0 unspecified atom stereocenters. The second kappa shape index (κ2) is 1.87. The topological polar surface area (TPSA) is 29.1 Å². The first kappa shape index (κ1) is 9.68. The summed E-state index contributed by atoms with van der Waals surface area (Å²) in [5.74, 6) is 1.48. The van der Waals surface area contributed by atoms with Crippen molar-refractivity contribution in [2.24, 2.45) is 28.1 Å². The van der Waals surface area contributed by atoms with E-state index in [0.29, 0.717) is 11.8 Å². The largest absolute Gasteiger partial charge is 0.350 e. The van der Waals surface area contributed by atoms with E-state index in [0.717, 1.165) is 0 Å². The van der Waals surface area contributed by atoms with Crippen LogP contribution in [0.4, 0.5) is 0 Å². The summed E-state index contributed by atoms with van der Waals surface area (Å²) >= 11 is 0. The normalized spacial score (nSPS) is 70.4. The number of piperidine rings is 1. The maximum atomic E-state index is 12.2. The number of carbonyl (C=O) groups is 1. The zero-order valence-electron chi connectivity index (χ0n) is 10.6. The van der Waals surface area contributed by atoms with Crippen LogP contribution in [0.15, 0.2) is 0 Å². The van der Waals surface area contributed by atoms with Gasteiger partial charge in [-0.05, 0) is 31.1 Å². The molecule has 0 aromatic rings. The first-order chi connectivity index (χ1) is 6.69. The Morgan fingerprint density at radius 2 is 1.60 bits per heavy atom. The number of hydrogen-bond donors (Lipinski definition) is 1. The zero-order valence-corrected chi connectivity index (χ0v) is 10.6. The van der Waals surface area contributed by atoms with E-state index >= 15 is 0 Å². The zero-order chi connectivity index (χ0) is 11.4. The van der Waals surface area contributed by atoms with E-state index in [9.17, 15) is 4.79 Å². The van der Waals surface area contributed by atoms with E-state index in [1.807, 2.05) is 0 Å². The van der Waals surface area contributed by atoms with Gasteiger partial charge in [-0.15, -0.1) is 0 Å². The van der Waals surface area contributed by atoms with E-state index < -0.39 is 0 Å². The number of amides is 1. The number of carbonyl (C=O) groups excluding carboxylic acids is 1. The van der Waals surface area contributed by atoms with E-state index in [1.165, 1.54) is 0 Å². The van der Waals surface area contributed by atoms with E-state index in [4.69, 9.17) is 0 Å². The average Bonchev–Trinajstić information content (AvgIpc) is 2.48. The molecule has 0 radical (unpaired) electrons. The summed E-state index contributed by atoms with van der Waals surface area (Å²) in [4.78, 5) is 12.2. The highest BCUT2D eigenvalue weighted by atomic mass is 16.2. The molecule has 84 valence electrons. The monoisotopic (exact) mass is 207 g/mol. The van der Waals surface area contributed by atoms with Crippen LogP contribution in [0.1, 0.15) is 41.5 Å². The molecule has 2 heteroatoms. The molecule has 1 aliphatic heterocycles. The minimum Gasteiger partial charge on any atom is -0.350 e. The van der Waals surface area contributed by atoms with Crippen LogP contribution in [0.5, 0.6) is 0 Å². The van der Waals surface area contributed by atoms with Gasteiger partial charge in [0.25, 0.3) is 0 Å². The van der Waals surface area contributed by atoms with Gasteiger partial charge in [-0.1, -0.05) is 27.7 Å². The van der Waals surface area contributed by atoms with Gasteiger partial charge in [-0.3, -0.25) is 4.79 Å². The molecule has 1 N–H and O–H groups in total. The van der Waals surface area contributed by atoms with Crippen molar-refractivity contribution < 1.29 is 4.79 Å². The van der Waals surface area contributed by atoms with Gasteiger partial charge in [0, 0.05) is 11.0 Å². The Bertz CT molecular complexity index is 386. The van der Waals surface area contributed by atoms with Crippen molar-refractivity contribution >= 4 is 5.91 Å². The molecule has 3 aliphatic rings. The van der Waals surface area contributed by atoms with Crippen molar-refractivity contribution in [3.63, 3.8) is 0 Å². The van der Waals surface area contributed by atoms with Crippen LogP contribution in [0.3, 0.4) is 0 Å². The lowest BCUT2D eigenvalue weighted by molar-refractivity contribution is -0.126. The molecule has 3 fully saturated rings. The summed E-state index contributed by atoms with van der Waals surface area (Å²) in [6.07, 6.45) is 0. The van der Waals surface area contributed by atoms with Crippen LogP contribution in [0.25, 0.3) is 0 Å². The van der Waals surface area contributed by atoms with E-state index in [1.54, 1.807) is 0 Å². The van der Waals surface area contributed by atoms with Crippen LogP contribution < -0.4 is 5.32 Å². The first-order valence-corrected chi connectivity index (χ1v) is 6.02. The Hall–Kier alpha value is -0.530. The van der Waals surface area contributed by atoms with Gasteiger partial charge < -0.3 is 5.32 Å².